The number of para-hydroxylation sites is 2. The molecule has 0 atom stereocenters. The smallest absolute Gasteiger partial charge is 0.410 e. The first-order valence-corrected chi connectivity index (χ1v) is 8.93. The van der Waals surface area contributed by atoms with Crippen LogP contribution in [-0.2, 0) is 16.1 Å². The van der Waals surface area contributed by atoms with Gasteiger partial charge >= 0.3 is 11.8 Å². The van der Waals surface area contributed by atoms with Gasteiger partial charge in [0, 0.05) is 19.1 Å². The fourth-order valence-corrected chi connectivity index (χ4v) is 3.47. The van der Waals surface area contributed by atoms with E-state index < -0.39 is 5.60 Å². The predicted molar refractivity (Wildman–Crippen MR) is 98.3 cm³/mol. The predicted octanol–water partition coefficient (Wildman–Crippen LogP) is 2.57. The average molecular weight is 359 g/mol. The highest BCUT2D eigenvalue weighted by molar-refractivity contribution is 5.77. The highest BCUT2D eigenvalue weighted by atomic mass is 16.6. The van der Waals surface area contributed by atoms with Crippen LogP contribution in [0.5, 0.6) is 0 Å². The third-order valence-corrected chi connectivity index (χ3v) is 4.61. The molecule has 2 heterocycles. The maximum Gasteiger partial charge on any atom is 0.410 e. The lowest BCUT2D eigenvalue weighted by Gasteiger charge is -2.33. The first-order valence-electron chi connectivity index (χ1n) is 8.93. The van der Waals surface area contributed by atoms with Crippen molar-refractivity contribution in [2.75, 3.05) is 13.1 Å². The van der Waals surface area contributed by atoms with Crippen molar-refractivity contribution in [3.05, 3.63) is 34.7 Å². The third kappa shape index (κ3) is 3.52. The van der Waals surface area contributed by atoms with E-state index in [9.17, 15) is 14.4 Å². The van der Waals surface area contributed by atoms with Crippen molar-refractivity contribution in [2.24, 2.45) is 0 Å². The molecule has 1 aromatic carbocycles. The van der Waals surface area contributed by atoms with Crippen LogP contribution in [-0.4, -0.2) is 45.1 Å². The second-order valence-corrected chi connectivity index (χ2v) is 7.62. The molecule has 1 amide bonds. The van der Waals surface area contributed by atoms with E-state index in [4.69, 9.17) is 4.74 Å². The van der Waals surface area contributed by atoms with Gasteiger partial charge in [-0.05, 0) is 45.7 Å². The molecule has 140 valence electrons. The van der Waals surface area contributed by atoms with Crippen LogP contribution in [0.15, 0.2) is 29.1 Å². The van der Waals surface area contributed by atoms with Crippen LogP contribution in [0, 0.1) is 0 Å². The summed E-state index contributed by atoms with van der Waals surface area (Å²) < 4.78 is 8.70. The number of benzene rings is 1. The van der Waals surface area contributed by atoms with Crippen LogP contribution < -0.4 is 5.69 Å². The van der Waals surface area contributed by atoms with Gasteiger partial charge in [-0.3, -0.25) is 9.13 Å². The normalized spacial score (nSPS) is 16.0. The van der Waals surface area contributed by atoms with Crippen molar-refractivity contribution in [2.45, 2.75) is 51.8 Å². The zero-order valence-electron chi connectivity index (χ0n) is 15.5. The number of rotatable bonds is 3. The summed E-state index contributed by atoms with van der Waals surface area (Å²) in [5.41, 5.74) is 0.899. The van der Waals surface area contributed by atoms with Crippen LogP contribution >= 0.6 is 0 Å². The Morgan fingerprint density at radius 2 is 1.81 bits per heavy atom. The summed E-state index contributed by atoms with van der Waals surface area (Å²) in [5, 5.41) is 0. The Bertz CT molecular complexity index is 867. The first kappa shape index (κ1) is 18.2. The Morgan fingerprint density at radius 3 is 2.38 bits per heavy atom. The van der Waals surface area contributed by atoms with Crippen LogP contribution in [0.1, 0.15) is 39.7 Å². The van der Waals surface area contributed by atoms with Crippen molar-refractivity contribution in [1.29, 1.82) is 0 Å². The van der Waals surface area contributed by atoms with Gasteiger partial charge in [0.1, 0.15) is 11.9 Å². The van der Waals surface area contributed by atoms with E-state index in [-0.39, 0.29) is 24.4 Å². The number of aldehydes is 1. The Hall–Kier alpha value is -2.57. The molecule has 0 N–H and O–H groups in total. The van der Waals surface area contributed by atoms with Gasteiger partial charge in [0.15, 0.2) is 0 Å². The molecule has 1 aliphatic rings. The molecule has 0 saturated carbocycles. The van der Waals surface area contributed by atoms with Gasteiger partial charge in [0.2, 0.25) is 0 Å². The number of hydrogen-bond acceptors (Lipinski definition) is 4. The summed E-state index contributed by atoms with van der Waals surface area (Å²) in [6.45, 7) is 6.67. The standard InChI is InChI=1S/C19H25N3O4/c1-19(2,3)26-18(25)20-10-8-14(9-11-20)22-16-7-5-4-6-15(16)21(12-13-23)17(22)24/h4-7,13-14H,8-12H2,1-3H3. The van der Waals surface area contributed by atoms with Crippen LogP contribution in [0.2, 0.25) is 0 Å². The Balaban J connectivity index is 1.82. The molecule has 1 aliphatic heterocycles. The number of carbonyl (C=O) groups excluding carboxylic acids is 2. The van der Waals surface area contributed by atoms with Gasteiger partial charge in [-0.25, -0.2) is 9.59 Å². The lowest BCUT2D eigenvalue weighted by Crippen LogP contribution is -2.43. The van der Waals surface area contributed by atoms with Crippen LogP contribution in [0.3, 0.4) is 0 Å². The third-order valence-electron chi connectivity index (χ3n) is 4.61. The Morgan fingerprint density at radius 1 is 1.19 bits per heavy atom. The summed E-state index contributed by atoms with van der Waals surface area (Å²) in [5.74, 6) is 0. The molecule has 26 heavy (non-hydrogen) atoms. The van der Waals surface area contributed by atoms with Gasteiger partial charge < -0.3 is 14.4 Å². The zero-order chi connectivity index (χ0) is 18.9. The van der Waals surface area contributed by atoms with E-state index in [1.165, 1.54) is 4.57 Å². The van der Waals surface area contributed by atoms with E-state index in [0.717, 1.165) is 17.3 Å². The quantitative estimate of drug-likeness (QED) is 0.790. The SMILES string of the molecule is CC(C)(C)OC(=O)N1CCC(n2c(=O)n(CC=O)c3ccccc32)CC1. The number of amides is 1. The van der Waals surface area contributed by atoms with Crippen molar-refractivity contribution in [3.8, 4) is 0 Å². The molecule has 0 bridgehead atoms. The summed E-state index contributed by atoms with van der Waals surface area (Å²) in [4.78, 5) is 37.7. The molecule has 0 spiro atoms. The maximum absolute atomic E-state index is 12.8. The Kier molecular flexibility index (Phi) is 4.89. The topological polar surface area (TPSA) is 73.5 Å². The van der Waals surface area contributed by atoms with Crippen molar-refractivity contribution < 1.29 is 14.3 Å². The molecule has 0 unspecified atom stereocenters. The van der Waals surface area contributed by atoms with Gasteiger partial charge in [-0.1, -0.05) is 12.1 Å². The average Bonchev–Trinajstić information content (AvgIpc) is 2.86. The summed E-state index contributed by atoms with van der Waals surface area (Å²) in [6.07, 6.45) is 1.78. The number of hydrogen-bond donors (Lipinski definition) is 0. The number of imidazole rings is 1. The molecule has 1 fully saturated rings. The molecule has 7 heteroatoms. The van der Waals surface area contributed by atoms with Crippen LogP contribution in [0.25, 0.3) is 11.0 Å². The van der Waals surface area contributed by atoms with Gasteiger partial charge in [0.25, 0.3) is 0 Å². The molecule has 3 rings (SSSR count). The van der Waals surface area contributed by atoms with Gasteiger partial charge in [-0.2, -0.15) is 0 Å². The molecule has 2 aromatic rings. The second-order valence-electron chi connectivity index (χ2n) is 7.62. The second kappa shape index (κ2) is 6.97. The number of fused-ring (bicyclic) bond motifs is 1. The minimum absolute atomic E-state index is 0.000936. The van der Waals surface area contributed by atoms with E-state index in [1.54, 1.807) is 9.47 Å². The molecule has 1 saturated heterocycles. The number of nitrogens with zero attached hydrogens (tertiary/aromatic N) is 3. The van der Waals surface area contributed by atoms with Gasteiger partial charge in [0.05, 0.1) is 17.6 Å². The number of ether oxygens (including phenoxy) is 1. The maximum atomic E-state index is 12.8. The monoisotopic (exact) mass is 359 g/mol. The summed E-state index contributed by atoms with van der Waals surface area (Å²) in [7, 11) is 0. The van der Waals surface area contributed by atoms with E-state index in [1.807, 2.05) is 45.0 Å². The van der Waals surface area contributed by atoms with E-state index in [0.29, 0.717) is 25.9 Å². The van der Waals surface area contributed by atoms with Gasteiger partial charge in [-0.15, -0.1) is 0 Å². The van der Waals surface area contributed by atoms with Crippen molar-refractivity contribution in [3.63, 3.8) is 0 Å². The van der Waals surface area contributed by atoms with Crippen molar-refractivity contribution >= 4 is 23.4 Å². The summed E-state index contributed by atoms with van der Waals surface area (Å²) in [6, 6.07) is 7.50. The summed E-state index contributed by atoms with van der Waals surface area (Å²) >= 11 is 0. The van der Waals surface area contributed by atoms with Crippen molar-refractivity contribution in [1.82, 2.24) is 14.0 Å². The molecule has 7 nitrogen and oxygen atoms in total. The lowest BCUT2D eigenvalue weighted by atomic mass is 10.0. The molecule has 0 radical (unpaired) electrons. The lowest BCUT2D eigenvalue weighted by molar-refractivity contribution is -0.108. The zero-order valence-corrected chi connectivity index (χ0v) is 15.5. The number of carbonyl (C=O) groups is 2. The number of piperidine rings is 1. The largest absolute Gasteiger partial charge is 0.444 e. The highest BCUT2D eigenvalue weighted by Gasteiger charge is 2.29. The minimum Gasteiger partial charge on any atom is -0.444 e. The fraction of sp³-hybridized carbons (Fsp3) is 0.526. The molecular formula is C19H25N3O4. The molecule has 0 aliphatic carbocycles. The molecular weight excluding hydrogens is 334 g/mol. The minimum atomic E-state index is -0.521. The number of likely N-dealkylation sites (tertiary alicyclic amines) is 1. The van der Waals surface area contributed by atoms with E-state index >= 15 is 0 Å². The first-order chi connectivity index (χ1) is 12.3. The molecule has 1 aromatic heterocycles. The highest BCUT2D eigenvalue weighted by Crippen LogP contribution is 2.26. The number of aromatic nitrogens is 2. The van der Waals surface area contributed by atoms with E-state index in [2.05, 4.69) is 0 Å². The van der Waals surface area contributed by atoms with Crippen LogP contribution in [0.4, 0.5) is 4.79 Å². The fourth-order valence-electron chi connectivity index (χ4n) is 3.47. The Labute approximate surface area is 152 Å².